The quantitative estimate of drug-likeness (QED) is 0.864. The fourth-order valence-electron chi connectivity index (χ4n) is 3.18. The summed E-state index contributed by atoms with van der Waals surface area (Å²) in [5, 5.41) is 3.01. The highest BCUT2D eigenvalue weighted by molar-refractivity contribution is 5.79. The van der Waals surface area contributed by atoms with Crippen molar-refractivity contribution < 1.29 is 4.79 Å². The molecule has 1 fully saturated rings. The number of imidazole rings is 1. The highest BCUT2D eigenvalue weighted by Crippen LogP contribution is 2.15. The molecule has 1 saturated heterocycles. The van der Waals surface area contributed by atoms with Gasteiger partial charge in [0.15, 0.2) is 0 Å². The smallest absolute Gasteiger partial charge is 0.234 e. The average molecular weight is 329 g/mol. The molecule has 1 amide bonds. The molecule has 0 saturated carbocycles. The number of amides is 1. The van der Waals surface area contributed by atoms with Crippen LogP contribution in [-0.4, -0.2) is 72.0 Å². The minimum atomic E-state index is 0.104. The van der Waals surface area contributed by atoms with Crippen LogP contribution >= 0.6 is 0 Å². The number of aromatic nitrogens is 2. The molecular weight excluding hydrogens is 302 g/mol. The Labute approximate surface area is 143 Å². The van der Waals surface area contributed by atoms with Gasteiger partial charge in [0.25, 0.3) is 0 Å². The number of carbonyl (C=O) groups is 1. The number of fused-ring (bicyclic) bond motifs is 1. The summed E-state index contributed by atoms with van der Waals surface area (Å²) >= 11 is 0. The molecule has 3 rings (SSSR count). The number of para-hydroxylation sites is 1. The summed E-state index contributed by atoms with van der Waals surface area (Å²) in [6.07, 6.45) is 1.85. The van der Waals surface area contributed by atoms with Gasteiger partial charge in [-0.05, 0) is 45.1 Å². The Kier molecular flexibility index (Phi) is 5.48. The zero-order chi connectivity index (χ0) is 16.9. The second-order valence-corrected chi connectivity index (χ2v) is 6.69. The molecular formula is C18H27N5O. The van der Waals surface area contributed by atoms with Gasteiger partial charge in [-0.25, -0.2) is 4.98 Å². The van der Waals surface area contributed by atoms with E-state index in [9.17, 15) is 4.79 Å². The third-order valence-corrected chi connectivity index (χ3v) is 4.63. The lowest BCUT2D eigenvalue weighted by molar-refractivity contribution is -0.122. The van der Waals surface area contributed by atoms with Gasteiger partial charge in [-0.15, -0.1) is 0 Å². The van der Waals surface area contributed by atoms with E-state index in [4.69, 9.17) is 0 Å². The van der Waals surface area contributed by atoms with Crippen LogP contribution < -0.4 is 5.32 Å². The van der Waals surface area contributed by atoms with E-state index < -0.39 is 0 Å². The summed E-state index contributed by atoms with van der Waals surface area (Å²) in [5.41, 5.74) is 3.25. The second-order valence-electron chi connectivity index (χ2n) is 6.69. The maximum Gasteiger partial charge on any atom is 0.234 e. The maximum atomic E-state index is 12.1. The molecule has 2 aromatic rings. The van der Waals surface area contributed by atoms with Crippen molar-refractivity contribution in [2.75, 3.05) is 46.3 Å². The molecule has 1 aliphatic rings. The molecule has 0 atom stereocenters. The van der Waals surface area contributed by atoms with Gasteiger partial charge in [0.1, 0.15) is 5.82 Å². The van der Waals surface area contributed by atoms with E-state index in [-0.39, 0.29) is 5.91 Å². The standard InChI is InChI=1S/C18H27N5O/c1-14-5-3-6-15-18(14)21-16(20-15)7-8-19-17(24)13-23-10-4-9-22(2)11-12-23/h3,5-6H,4,7-13H2,1-2H3,(H,19,24)(H,20,21). The summed E-state index contributed by atoms with van der Waals surface area (Å²) < 4.78 is 0. The molecule has 1 aliphatic heterocycles. The van der Waals surface area contributed by atoms with Gasteiger partial charge in [0.2, 0.25) is 5.91 Å². The Bertz CT molecular complexity index is 696. The molecule has 2 N–H and O–H groups in total. The number of hydrogen-bond donors (Lipinski definition) is 2. The zero-order valence-corrected chi connectivity index (χ0v) is 14.6. The van der Waals surface area contributed by atoms with Crippen LogP contribution in [0.4, 0.5) is 0 Å². The number of hydrogen-bond acceptors (Lipinski definition) is 4. The SMILES string of the molecule is Cc1cccc2[nH]c(CCNC(=O)CN3CCCN(C)CC3)nc12. The van der Waals surface area contributed by atoms with Gasteiger partial charge >= 0.3 is 0 Å². The van der Waals surface area contributed by atoms with E-state index >= 15 is 0 Å². The summed E-state index contributed by atoms with van der Waals surface area (Å²) in [6.45, 7) is 7.29. The fraction of sp³-hybridized carbons (Fsp3) is 0.556. The molecule has 130 valence electrons. The van der Waals surface area contributed by atoms with E-state index in [0.29, 0.717) is 13.1 Å². The number of benzene rings is 1. The topological polar surface area (TPSA) is 64.3 Å². The number of H-pyrrole nitrogens is 1. The van der Waals surface area contributed by atoms with Crippen molar-refractivity contribution in [3.8, 4) is 0 Å². The van der Waals surface area contributed by atoms with Crippen LogP contribution in [-0.2, 0) is 11.2 Å². The number of aromatic amines is 1. The Balaban J connectivity index is 1.45. The van der Waals surface area contributed by atoms with Crippen LogP contribution in [0.3, 0.4) is 0 Å². The Hall–Kier alpha value is -1.92. The molecule has 0 aliphatic carbocycles. The first-order chi connectivity index (χ1) is 11.6. The molecule has 0 spiro atoms. The fourth-order valence-corrected chi connectivity index (χ4v) is 3.18. The molecule has 6 nitrogen and oxygen atoms in total. The first kappa shape index (κ1) is 16.9. The molecule has 0 unspecified atom stereocenters. The van der Waals surface area contributed by atoms with E-state index in [1.807, 2.05) is 12.1 Å². The van der Waals surface area contributed by atoms with Crippen molar-refractivity contribution in [1.82, 2.24) is 25.1 Å². The monoisotopic (exact) mass is 329 g/mol. The van der Waals surface area contributed by atoms with Gasteiger partial charge in [-0.1, -0.05) is 12.1 Å². The van der Waals surface area contributed by atoms with Gasteiger partial charge in [-0.3, -0.25) is 9.69 Å². The summed E-state index contributed by atoms with van der Waals surface area (Å²) in [6, 6.07) is 6.13. The third-order valence-electron chi connectivity index (χ3n) is 4.63. The first-order valence-corrected chi connectivity index (χ1v) is 8.73. The summed E-state index contributed by atoms with van der Waals surface area (Å²) in [7, 11) is 2.14. The van der Waals surface area contributed by atoms with Crippen molar-refractivity contribution in [3.63, 3.8) is 0 Å². The molecule has 2 heterocycles. The van der Waals surface area contributed by atoms with Crippen LogP contribution in [0.25, 0.3) is 11.0 Å². The number of aryl methyl sites for hydroxylation is 1. The second kappa shape index (κ2) is 7.77. The van der Waals surface area contributed by atoms with Crippen molar-refractivity contribution in [1.29, 1.82) is 0 Å². The van der Waals surface area contributed by atoms with Gasteiger partial charge < -0.3 is 15.2 Å². The van der Waals surface area contributed by atoms with Crippen molar-refractivity contribution in [2.24, 2.45) is 0 Å². The third kappa shape index (κ3) is 4.33. The number of carbonyl (C=O) groups excluding carboxylic acids is 1. The van der Waals surface area contributed by atoms with Crippen LogP contribution in [0, 0.1) is 6.92 Å². The molecule has 1 aromatic heterocycles. The number of rotatable bonds is 5. The average Bonchev–Trinajstić information content (AvgIpc) is 2.86. The number of nitrogens with one attached hydrogen (secondary N) is 2. The highest BCUT2D eigenvalue weighted by atomic mass is 16.2. The summed E-state index contributed by atoms with van der Waals surface area (Å²) in [4.78, 5) is 24.6. The Morgan fingerprint density at radius 1 is 1.29 bits per heavy atom. The lowest BCUT2D eigenvalue weighted by atomic mass is 10.2. The maximum absolute atomic E-state index is 12.1. The van der Waals surface area contributed by atoms with Gasteiger partial charge in [0, 0.05) is 26.1 Å². The van der Waals surface area contributed by atoms with Crippen LogP contribution in [0.15, 0.2) is 18.2 Å². The van der Waals surface area contributed by atoms with Gasteiger partial charge in [-0.2, -0.15) is 0 Å². The van der Waals surface area contributed by atoms with Crippen LogP contribution in [0.5, 0.6) is 0 Å². The molecule has 1 aromatic carbocycles. The molecule has 0 bridgehead atoms. The molecule has 24 heavy (non-hydrogen) atoms. The van der Waals surface area contributed by atoms with Crippen molar-refractivity contribution in [2.45, 2.75) is 19.8 Å². The normalized spacial score (nSPS) is 17.1. The van der Waals surface area contributed by atoms with Gasteiger partial charge in [0.05, 0.1) is 17.6 Å². The predicted molar refractivity (Wildman–Crippen MR) is 96.1 cm³/mol. The lowest BCUT2D eigenvalue weighted by Gasteiger charge is -2.19. The zero-order valence-electron chi connectivity index (χ0n) is 14.6. The van der Waals surface area contributed by atoms with E-state index in [1.54, 1.807) is 0 Å². The van der Waals surface area contributed by atoms with E-state index in [0.717, 1.165) is 55.9 Å². The minimum absolute atomic E-state index is 0.104. The highest BCUT2D eigenvalue weighted by Gasteiger charge is 2.14. The Morgan fingerprint density at radius 2 is 2.17 bits per heavy atom. The summed E-state index contributed by atoms with van der Waals surface area (Å²) in [5.74, 6) is 1.03. The predicted octanol–water partition coefficient (Wildman–Crippen LogP) is 1.17. The molecule has 0 radical (unpaired) electrons. The van der Waals surface area contributed by atoms with Crippen LogP contribution in [0.1, 0.15) is 17.8 Å². The minimum Gasteiger partial charge on any atom is -0.355 e. The molecule has 6 heteroatoms. The van der Waals surface area contributed by atoms with E-state index in [2.05, 4.69) is 45.1 Å². The van der Waals surface area contributed by atoms with E-state index in [1.165, 1.54) is 5.56 Å². The largest absolute Gasteiger partial charge is 0.355 e. The van der Waals surface area contributed by atoms with Crippen molar-refractivity contribution in [3.05, 3.63) is 29.6 Å². The van der Waals surface area contributed by atoms with Crippen LogP contribution in [0.2, 0.25) is 0 Å². The number of likely N-dealkylation sites (N-methyl/N-ethyl adjacent to an activating group) is 1. The Morgan fingerprint density at radius 3 is 3.00 bits per heavy atom. The van der Waals surface area contributed by atoms with Crippen molar-refractivity contribution >= 4 is 16.9 Å². The number of nitrogens with zero attached hydrogens (tertiary/aromatic N) is 3. The lowest BCUT2D eigenvalue weighted by Crippen LogP contribution is -2.39. The first-order valence-electron chi connectivity index (χ1n) is 8.73.